The van der Waals surface area contributed by atoms with E-state index in [0.29, 0.717) is 23.0 Å². The lowest BCUT2D eigenvalue weighted by Gasteiger charge is -2.15. The molecule has 0 aliphatic carbocycles. The summed E-state index contributed by atoms with van der Waals surface area (Å²) in [5.74, 6) is -1.04. The van der Waals surface area contributed by atoms with Gasteiger partial charge in [0.25, 0.3) is 11.5 Å². The minimum Gasteiger partial charge on any atom is -0.448 e. The maximum atomic E-state index is 12.8. The summed E-state index contributed by atoms with van der Waals surface area (Å²) in [4.78, 5) is 38.0. The molecule has 0 unspecified atom stereocenters. The summed E-state index contributed by atoms with van der Waals surface area (Å²) >= 11 is 0. The van der Waals surface area contributed by atoms with Gasteiger partial charge in [0.1, 0.15) is 0 Å². The summed E-state index contributed by atoms with van der Waals surface area (Å²) in [6.45, 7) is 7.70. The molecule has 0 aliphatic heterocycles. The number of carbonyl (C=O) groups is 2. The standard InChI is InChI=1S/C23H25N3O4/c1-14(2)13-26-22(28)19-11-6-5-10-18(19)20(25-26)23(29)30-16(4)21(27)24-17-9-7-8-15(3)12-17/h5-12,14,16H,13H2,1-4H3,(H,24,27)/t16-/m0/s1. The molecule has 1 amide bonds. The van der Waals surface area contributed by atoms with Crippen molar-refractivity contribution in [3.8, 4) is 0 Å². The quantitative estimate of drug-likeness (QED) is 0.631. The van der Waals surface area contributed by atoms with E-state index in [1.54, 1.807) is 30.3 Å². The molecule has 0 aliphatic rings. The second-order valence-electron chi connectivity index (χ2n) is 7.68. The van der Waals surface area contributed by atoms with E-state index in [0.717, 1.165) is 5.56 Å². The van der Waals surface area contributed by atoms with Crippen LogP contribution in [0.4, 0.5) is 5.69 Å². The Morgan fingerprint density at radius 1 is 1.07 bits per heavy atom. The van der Waals surface area contributed by atoms with Gasteiger partial charge in [-0.1, -0.05) is 44.2 Å². The van der Waals surface area contributed by atoms with Gasteiger partial charge in [0.2, 0.25) is 0 Å². The Morgan fingerprint density at radius 2 is 1.77 bits per heavy atom. The first kappa shape index (κ1) is 21.2. The van der Waals surface area contributed by atoms with Crippen LogP contribution in [0.25, 0.3) is 10.8 Å². The summed E-state index contributed by atoms with van der Waals surface area (Å²) in [6.07, 6.45) is -1.04. The third kappa shape index (κ3) is 4.74. The Morgan fingerprint density at radius 3 is 2.43 bits per heavy atom. The highest BCUT2D eigenvalue weighted by molar-refractivity contribution is 6.03. The van der Waals surface area contributed by atoms with Crippen LogP contribution in [0.15, 0.2) is 53.3 Å². The normalized spacial score (nSPS) is 12.0. The zero-order chi connectivity index (χ0) is 21.8. The van der Waals surface area contributed by atoms with Crippen molar-refractivity contribution < 1.29 is 14.3 Å². The first-order valence-corrected chi connectivity index (χ1v) is 9.84. The van der Waals surface area contributed by atoms with Gasteiger partial charge in [0, 0.05) is 17.6 Å². The first-order chi connectivity index (χ1) is 14.3. The lowest BCUT2D eigenvalue weighted by molar-refractivity contribution is -0.123. The first-order valence-electron chi connectivity index (χ1n) is 9.84. The average Bonchev–Trinajstić information content (AvgIpc) is 2.69. The Balaban J connectivity index is 1.86. The molecule has 1 atom stereocenters. The van der Waals surface area contributed by atoms with Crippen molar-refractivity contribution in [3.63, 3.8) is 0 Å². The molecule has 1 N–H and O–H groups in total. The third-order valence-electron chi connectivity index (χ3n) is 4.54. The lowest BCUT2D eigenvalue weighted by Crippen LogP contribution is -2.32. The van der Waals surface area contributed by atoms with Gasteiger partial charge in [-0.3, -0.25) is 9.59 Å². The molecular weight excluding hydrogens is 382 g/mol. The van der Waals surface area contributed by atoms with Crippen molar-refractivity contribution in [1.82, 2.24) is 9.78 Å². The van der Waals surface area contributed by atoms with Crippen LogP contribution in [0.1, 0.15) is 36.8 Å². The number of aryl methyl sites for hydroxylation is 1. The summed E-state index contributed by atoms with van der Waals surface area (Å²) in [6, 6.07) is 14.1. The van der Waals surface area contributed by atoms with Crippen molar-refractivity contribution in [2.45, 2.75) is 40.3 Å². The second kappa shape index (κ2) is 8.90. The molecule has 3 rings (SSSR count). The van der Waals surface area contributed by atoms with E-state index < -0.39 is 18.0 Å². The number of esters is 1. The Labute approximate surface area is 174 Å². The van der Waals surface area contributed by atoms with Gasteiger partial charge in [-0.05, 0) is 43.5 Å². The fraction of sp³-hybridized carbons (Fsp3) is 0.304. The van der Waals surface area contributed by atoms with Crippen molar-refractivity contribution in [1.29, 1.82) is 0 Å². The fourth-order valence-electron chi connectivity index (χ4n) is 3.09. The molecule has 3 aromatic rings. The van der Waals surface area contributed by atoms with Crippen LogP contribution in [0.2, 0.25) is 0 Å². The van der Waals surface area contributed by atoms with E-state index in [9.17, 15) is 14.4 Å². The van der Waals surface area contributed by atoms with Crippen LogP contribution in [-0.4, -0.2) is 27.8 Å². The number of nitrogens with one attached hydrogen (secondary N) is 1. The average molecular weight is 407 g/mol. The number of aromatic nitrogens is 2. The van der Waals surface area contributed by atoms with Crippen LogP contribution in [0.5, 0.6) is 0 Å². The van der Waals surface area contributed by atoms with E-state index in [1.807, 2.05) is 39.0 Å². The highest BCUT2D eigenvalue weighted by atomic mass is 16.5. The van der Waals surface area contributed by atoms with Crippen molar-refractivity contribution in [2.24, 2.45) is 5.92 Å². The molecule has 7 heteroatoms. The second-order valence-corrected chi connectivity index (χ2v) is 7.68. The molecule has 0 spiro atoms. The number of rotatable bonds is 6. The smallest absolute Gasteiger partial charge is 0.360 e. The van der Waals surface area contributed by atoms with Crippen LogP contribution < -0.4 is 10.9 Å². The van der Waals surface area contributed by atoms with E-state index in [-0.39, 0.29) is 17.2 Å². The largest absolute Gasteiger partial charge is 0.448 e. The number of nitrogens with zero attached hydrogens (tertiary/aromatic N) is 2. The van der Waals surface area contributed by atoms with E-state index in [4.69, 9.17) is 4.74 Å². The van der Waals surface area contributed by atoms with Crippen LogP contribution in [0, 0.1) is 12.8 Å². The Bertz CT molecular complexity index is 1150. The van der Waals surface area contributed by atoms with Crippen molar-refractivity contribution >= 4 is 28.3 Å². The molecular formula is C23H25N3O4. The van der Waals surface area contributed by atoms with Crippen LogP contribution in [0.3, 0.4) is 0 Å². The number of fused-ring (bicyclic) bond motifs is 1. The van der Waals surface area contributed by atoms with Crippen LogP contribution >= 0.6 is 0 Å². The molecule has 1 heterocycles. The minimum absolute atomic E-state index is 0.0149. The third-order valence-corrected chi connectivity index (χ3v) is 4.54. The number of hydrogen-bond donors (Lipinski definition) is 1. The molecule has 2 aromatic carbocycles. The summed E-state index contributed by atoms with van der Waals surface area (Å²) in [7, 11) is 0. The molecule has 1 aromatic heterocycles. The molecule has 30 heavy (non-hydrogen) atoms. The molecule has 156 valence electrons. The van der Waals surface area contributed by atoms with Gasteiger partial charge in [-0.25, -0.2) is 9.48 Å². The topological polar surface area (TPSA) is 90.3 Å². The van der Waals surface area contributed by atoms with Gasteiger partial charge >= 0.3 is 5.97 Å². The Hall–Kier alpha value is -3.48. The number of carbonyl (C=O) groups excluding carboxylic acids is 2. The molecule has 7 nitrogen and oxygen atoms in total. The number of ether oxygens (including phenoxy) is 1. The highest BCUT2D eigenvalue weighted by Gasteiger charge is 2.23. The van der Waals surface area contributed by atoms with Gasteiger partial charge in [0.05, 0.1) is 5.39 Å². The number of benzene rings is 2. The van der Waals surface area contributed by atoms with E-state index in [1.165, 1.54) is 11.6 Å². The minimum atomic E-state index is -1.04. The fourth-order valence-corrected chi connectivity index (χ4v) is 3.09. The van der Waals surface area contributed by atoms with Gasteiger partial charge in [-0.15, -0.1) is 0 Å². The monoisotopic (exact) mass is 407 g/mol. The SMILES string of the molecule is Cc1cccc(NC(=O)[C@H](C)OC(=O)c2nn(CC(C)C)c(=O)c3ccccc23)c1. The Kier molecular flexibility index (Phi) is 6.30. The maximum Gasteiger partial charge on any atom is 0.360 e. The molecule has 0 bridgehead atoms. The molecule has 0 saturated heterocycles. The number of hydrogen-bond acceptors (Lipinski definition) is 5. The molecule has 0 saturated carbocycles. The van der Waals surface area contributed by atoms with Crippen molar-refractivity contribution in [3.05, 3.63) is 70.1 Å². The zero-order valence-electron chi connectivity index (χ0n) is 17.5. The van der Waals surface area contributed by atoms with Crippen molar-refractivity contribution in [2.75, 3.05) is 5.32 Å². The van der Waals surface area contributed by atoms with E-state index in [2.05, 4.69) is 10.4 Å². The zero-order valence-corrected chi connectivity index (χ0v) is 17.5. The summed E-state index contributed by atoms with van der Waals surface area (Å²) in [5.41, 5.74) is 1.37. The van der Waals surface area contributed by atoms with Crippen LogP contribution in [-0.2, 0) is 16.1 Å². The molecule has 0 radical (unpaired) electrons. The molecule has 0 fully saturated rings. The predicted octanol–water partition coefficient (Wildman–Crippen LogP) is 3.54. The van der Waals surface area contributed by atoms with Gasteiger partial charge in [0.15, 0.2) is 11.8 Å². The predicted molar refractivity (Wildman–Crippen MR) is 116 cm³/mol. The number of amides is 1. The van der Waals surface area contributed by atoms with Gasteiger partial charge in [-0.2, -0.15) is 5.10 Å². The number of anilines is 1. The van der Waals surface area contributed by atoms with Gasteiger partial charge < -0.3 is 10.1 Å². The summed E-state index contributed by atoms with van der Waals surface area (Å²) < 4.78 is 6.66. The maximum absolute atomic E-state index is 12.8. The highest BCUT2D eigenvalue weighted by Crippen LogP contribution is 2.16. The van der Waals surface area contributed by atoms with E-state index >= 15 is 0 Å². The summed E-state index contributed by atoms with van der Waals surface area (Å²) in [5, 5.41) is 7.77. The lowest BCUT2D eigenvalue weighted by atomic mass is 10.1.